The Morgan fingerprint density at radius 3 is 2.24 bits per heavy atom. The van der Waals surface area contributed by atoms with Crippen LogP contribution in [0.1, 0.15) is 42.5 Å². The summed E-state index contributed by atoms with van der Waals surface area (Å²) in [6.07, 6.45) is 2.82. The Balaban J connectivity index is 0.000000263. The lowest BCUT2D eigenvalue weighted by molar-refractivity contribution is -0.170. The summed E-state index contributed by atoms with van der Waals surface area (Å²) < 4.78 is 12.5. The highest BCUT2D eigenvalue weighted by molar-refractivity contribution is 5.88. The summed E-state index contributed by atoms with van der Waals surface area (Å²) in [5.74, 6) is -3.55. The van der Waals surface area contributed by atoms with Gasteiger partial charge in [-0.2, -0.15) is 5.10 Å². The number of carbonyl (C=O) groups is 3. The molecule has 0 radical (unpaired) electrons. The third-order valence-electron chi connectivity index (χ3n) is 6.48. The number of hydrogen-bond donors (Lipinski definition) is 5. The van der Waals surface area contributed by atoms with Gasteiger partial charge in [0.25, 0.3) is 0 Å². The third-order valence-corrected chi connectivity index (χ3v) is 6.48. The van der Waals surface area contributed by atoms with Crippen molar-refractivity contribution in [2.45, 2.75) is 50.4 Å². The van der Waals surface area contributed by atoms with E-state index in [2.05, 4.69) is 16.6 Å². The summed E-state index contributed by atoms with van der Waals surface area (Å²) in [5, 5.41) is 49.3. The van der Waals surface area contributed by atoms with Crippen LogP contribution in [0.2, 0.25) is 0 Å². The van der Waals surface area contributed by atoms with Crippen LogP contribution in [0, 0.1) is 6.92 Å². The molecule has 5 N–H and O–H groups in total. The van der Waals surface area contributed by atoms with Crippen LogP contribution in [-0.4, -0.2) is 83.6 Å². The first kappa shape index (κ1) is 28.6. The third kappa shape index (κ3) is 6.88. The highest BCUT2D eigenvalue weighted by atomic mass is 16.7. The van der Waals surface area contributed by atoms with Gasteiger partial charge in [0, 0.05) is 37.6 Å². The summed E-state index contributed by atoms with van der Waals surface area (Å²) in [7, 11) is 0. The number of benzene rings is 1. The molecule has 1 aromatic heterocycles. The van der Waals surface area contributed by atoms with Gasteiger partial charge in [0.05, 0.1) is 24.1 Å². The predicted octanol–water partition coefficient (Wildman–Crippen LogP) is 1.26. The molecule has 0 unspecified atom stereocenters. The van der Waals surface area contributed by atoms with Gasteiger partial charge in [-0.3, -0.25) is 14.5 Å². The van der Waals surface area contributed by atoms with Crippen molar-refractivity contribution in [2.75, 3.05) is 19.9 Å². The van der Waals surface area contributed by atoms with Crippen molar-refractivity contribution in [3.8, 4) is 11.5 Å². The van der Waals surface area contributed by atoms with Gasteiger partial charge in [0.1, 0.15) is 0 Å². The molecule has 1 fully saturated rings. The number of aliphatic hydroxyl groups is 2. The van der Waals surface area contributed by atoms with E-state index in [0.29, 0.717) is 12.8 Å². The molecule has 1 saturated heterocycles. The molecule has 38 heavy (non-hydrogen) atoms. The van der Waals surface area contributed by atoms with Crippen LogP contribution in [0.25, 0.3) is 6.20 Å². The summed E-state index contributed by atoms with van der Waals surface area (Å²) in [5.41, 5.74) is -0.410. The highest BCUT2D eigenvalue weighted by Gasteiger charge is 2.41. The Morgan fingerprint density at radius 2 is 1.71 bits per heavy atom. The molecule has 0 atom stereocenters. The Labute approximate surface area is 218 Å². The maximum atomic E-state index is 11.1. The lowest BCUT2D eigenvalue weighted by atomic mass is 9.84. The molecule has 2 aliphatic heterocycles. The molecule has 0 spiro atoms. The number of piperidine rings is 1. The van der Waals surface area contributed by atoms with Crippen molar-refractivity contribution in [3.63, 3.8) is 0 Å². The molecular weight excluding hydrogens is 502 g/mol. The fourth-order valence-electron chi connectivity index (χ4n) is 4.28. The summed E-state index contributed by atoms with van der Waals surface area (Å²) in [4.78, 5) is 32.8. The fourth-order valence-corrected chi connectivity index (χ4v) is 4.28. The lowest BCUT2D eigenvalue weighted by Crippen LogP contribution is -2.42. The number of aliphatic carboxylic acids is 3. The Bertz CT molecular complexity index is 1180. The molecule has 13 nitrogen and oxygen atoms in total. The maximum Gasteiger partial charge on any atom is 0.336 e. The quantitative estimate of drug-likeness (QED) is 0.310. The van der Waals surface area contributed by atoms with Crippen LogP contribution in [0.15, 0.2) is 31.0 Å². The lowest BCUT2D eigenvalue weighted by Gasteiger charge is -2.38. The van der Waals surface area contributed by atoms with Gasteiger partial charge in [-0.25, -0.2) is 9.48 Å². The van der Waals surface area contributed by atoms with Crippen LogP contribution in [-0.2, 0) is 26.5 Å². The highest BCUT2D eigenvalue weighted by Crippen LogP contribution is 2.39. The molecule has 4 rings (SSSR count). The largest absolute Gasteiger partial charge is 0.481 e. The number of likely N-dealkylation sites (tertiary alicyclic amines) is 1. The number of rotatable bonds is 9. The van der Waals surface area contributed by atoms with Crippen LogP contribution >= 0.6 is 0 Å². The molecule has 2 aromatic rings. The number of nitrogens with zero attached hydrogens (tertiary/aromatic N) is 3. The first-order valence-electron chi connectivity index (χ1n) is 11.8. The van der Waals surface area contributed by atoms with Crippen molar-refractivity contribution in [2.24, 2.45) is 0 Å². The molecular formula is C25H31N3O10. The van der Waals surface area contributed by atoms with Gasteiger partial charge in [0.2, 0.25) is 6.79 Å². The molecule has 3 heterocycles. The Kier molecular flexibility index (Phi) is 8.76. The zero-order valence-corrected chi connectivity index (χ0v) is 20.9. The van der Waals surface area contributed by atoms with E-state index in [1.807, 2.05) is 31.3 Å². The second-order valence-corrected chi connectivity index (χ2v) is 9.26. The SMILES string of the molecule is C=Cn1cc(CN2CCC(O)(c3ccc4c(c3)OCO4)CC2)c(C)n1.O=C(O)CC(O)(CC(=O)O)C(=O)O. The van der Waals surface area contributed by atoms with Gasteiger partial charge in [0.15, 0.2) is 17.1 Å². The number of aryl methyl sites for hydroxylation is 1. The minimum Gasteiger partial charge on any atom is -0.481 e. The first-order valence-corrected chi connectivity index (χ1v) is 11.8. The molecule has 1 aromatic carbocycles. The zero-order chi connectivity index (χ0) is 28.1. The Hall–Kier alpha value is -3.94. The molecule has 206 valence electrons. The topological polar surface area (TPSA) is 192 Å². The van der Waals surface area contributed by atoms with E-state index in [1.54, 1.807) is 10.9 Å². The van der Waals surface area contributed by atoms with Gasteiger partial charge in [-0.15, -0.1) is 0 Å². The van der Waals surface area contributed by atoms with Gasteiger partial charge in [-0.05, 0) is 37.5 Å². The van der Waals surface area contributed by atoms with E-state index in [1.165, 1.54) is 5.56 Å². The van der Waals surface area contributed by atoms with Crippen LogP contribution in [0.4, 0.5) is 0 Å². The standard InChI is InChI=1S/C19H23N3O3.C6H8O7/c1-3-22-12-15(14(2)20-22)11-21-8-6-19(23,7-9-21)16-4-5-17-18(10-16)25-13-24-17;7-3(8)1-6(13,5(11)12)2-4(9)10/h3-5,10,12,23H,1,6-9,11,13H2,2H3;13H,1-2H2,(H,7,8)(H,9,10)(H,11,12). The second kappa shape index (κ2) is 11.6. The first-order chi connectivity index (χ1) is 17.8. The second-order valence-electron chi connectivity index (χ2n) is 9.26. The number of ether oxygens (including phenoxy) is 2. The van der Waals surface area contributed by atoms with Crippen LogP contribution in [0.3, 0.4) is 0 Å². The number of aromatic nitrogens is 2. The average Bonchev–Trinajstić information content (AvgIpc) is 3.45. The monoisotopic (exact) mass is 533 g/mol. The number of hydrogen-bond acceptors (Lipinski definition) is 9. The molecule has 0 aliphatic carbocycles. The van der Waals surface area contributed by atoms with Crippen molar-refractivity contribution in [1.82, 2.24) is 14.7 Å². The summed E-state index contributed by atoms with van der Waals surface area (Å²) in [6, 6.07) is 5.74. The molecule has 2 aliphatic rings. The molecule has 0 bridgehead atoms. The minimum atomic E-state index is -2.74. The minimum absolute atomic E-state index is 0.253. The van der Waals surface area contributed by atoms with Gasteiger partial charge < -0.3 is 35.0 Å². The van der Waals surface area contributed by atoms with E-state index in [0.717, 1.165) is 42.4 Å². The van der Waals surface area contributed by atoms with Crippen LogP contribution < -0.4 is 9.47 Å². The normalized spacial score (nSPS) is 16.3. The van der Waals surface area contributed by atoms with Crippen molar-refractivity contribution >= 4 is 24.1 Å². The molecule has 13 heteroatoms. The summed E-state index contributed by atoms with van der Waals surface area (Å²) in [6.45, 7) is 8.53. The average molecular weight is 534 g/mol. The predicted molar refractivity (Wildman–Crippen MR) is 131 cm³/mol. The van der Waals surface area contributed by atoms with E-state index >= 15 is 0 Å². The number of fused-ring (bicyclic) bond motifs is 1. The number of carboxylic acids is 3. The maximum absolute atomic E-state index is 11.1. The van der Waals surface area contributed by atoms with Gasteiger partial charge >= 0.3 is 17.9 Å². The summed E-state index contributed by atoms with van der Waals surface area (Å²) >= 11 is 0. The van der Waals surface area contributed by atoms with Crippen molar-refractivity contribution in [3.05, 3.63) is 47.8 Å². The van der Waals surface area contributed by atoms with E-state index < -0.39 is 42.0 Å². The van der Waals surface area contributed by atoms with Gasteiger partial charge in [-0.1, -0.05) is 12.6 Å². The van der Waals surface area contributed by atoms with Crippen molar-refractivity contribution in [1.29, 1.82) is 0 Å². The van der Waals surface area contributed by atoms with Crippen LogP contribution in [0.5, 0.6) is 11.5 Å². The molecule has 0 saturated carbocycles. The zero-order valence-electron chi connectivity index (χ0n) is 20.9. The fraction of sp³-hybridized carbons (Fsp3) is 0.440. The van der Waals surface area contributed by atoms with Crippen molar-refractivity contribution < 1.29 is 49.4 Å². The van der Waals surface area contributed by atoms with E-state index in [-0.39, 0.29) is 6.79 Å². The Morgan fingerprint density at radius 1 is 1.11 bits per heavy atom. The van der Waals surface area contributed by atoms with E-state index in [4.69, 9.17) is 29.9 Å². The molecule has 0 amide bonds. The van der Waals surface area contributed by atoms with E-state index in [9.17, 15) is 19.5 Å². The number of carboxylic acid groups (broad SMARTS) is 3. The smallest absolute Gasteiger partial charge is 0.336 e.